The van der Waals surface area contributed by atoms with Gasteiger partial charge < -0.3 is 0 Å². The average Bonchev–Trinajstić information content (AvgIpc) is 2.82. The summed E-state index contributed by atoms with van der Waals surface area (Å²) >= 11 is 14.6. The normalized spacial score (nSPS) is 12.8. The molecule has 0 heterocycles. The fourth-order valence-corrected chi connectivity index (χ4v) is 14.3. The number of alkyl halides is 1. The molecule has 30 heavy (non-hydrogen) atoms. The molecule has 4 heteroatoms. The van der Waals surface area contributed by atoms with Gasteiger partial charge in [-0.3, -0.25) is 0 Å². The topological polar surface area (TPSA) is 0 Å². The molecule has 0 unspecified atom stereocenters. The summed E-state index contributed by atoms with van der Waals surface area (Å²) in [6.07, 6.45) is 0.829. The van der Waals surface area contributed by atoms with Gasteiger partial charge in [0.15, 0.2) is 0 Å². The molecule has 4 rings (SSSR count). The molecule has 0 atom stereocenters. The molecular weight excluding hydrogens is 539 g/mol. The van der Waals surface area contributed by atoms with Crippen molar-refractivity contribution < 1.29 is 0 Å². The van der Waals surface area contributed by atoms with E-state index in [9.17, 15) is 0 Å². The van der Waals surface area contributed by atoms with Gasteiger partial charge in [-0.05, 0) is 0 Å². The first-order valence-electron chi connectivity index (χ1n) is 9.78. The minimum absolute atomic E-state index is 0.794. The van der Waals surface area contributed by atoms with Crippen molar-refractivity contribution in [3.63, 3.8) is 0 Å². The molecule has 0 aliphatic heterocycles. The molecule has 0 saturated carbocycles. The van der Waals surface area contributed by atoms with E-state index in [2.05, 4.69) is 129 Å². The summed E-state index contributed by atoms with van der Waals surface area (Å²) in [7, 11) is 0. The molecule has 0 amide bonds. The SMILES string of the molecule is Clc1cccc(Br)c1CP(CBr)(c1ccccc1)(c1ccccc1)c1ccccc1. The number of hydrogen-bond donors (Lipinski definition) is 0. The molecule has 152 valence electrons. The quantitative estimate of drug-likeness (QED) is 0.169. The minimum atomic E-state index is -2.97. The van der Waals surface area contributed by atoms with Crippen LogP contribution in [0.4, 0.5) is 0 Å². The van der Waals surface area contributed by atoms with E-state index in [1.165, 1.54) is 15.9 Å². The first-order chi connectivity index (χ1) is 14.6. The second kappa shape index (κ2) is 8.97. The molecule has 0 aliphatic carbocycles. The average molecular weight is 561 g/mol. The van der Waals surface area contributed by atoms with Crippen molar-refractivity contribution in [2.24, 2.45) is 0 Å². The van der Waals surface area contributed by atoms with E-state index in [1.54, 1.807) is 0 Å². The summed E-state index contributed by atoms with van der Waals surface area (Å²) in [6, 6.07) is 38.9. The van der Waals surface area contributed by atoms with Crippen LogP contribution < -0.4 is 15.9 Å². The third-order valence-corrected chi connectivity index (χ3v) is 16.6. The van der Waals surface area contributed by atoms with Gasteiger partial charge in [0.2, 0.25) is 0 Å². The standard InChI is InChI=1S/C26H22Br2ClP/c27-20-30(21-11-4-1-5-12-21,22-13-6-2-7-14-22,23-15-8-3-9-16-23)19-24-25(28)17-10-18-26(24)29/h1-18H,19-20H2. The molecule has 0 aromatic heterocycles. The Labute approximate surface area is 200 Å². The van der Waals surface area contributed by atoms with Crippen LogP contribution in [-0.4, -0.2) is 5.07 Å². The summed E-state index contributed by atoms with van der Waals surface area (Å²) in [5.74, 6) is 0. The zero-order chi connectivity index (χ0) is 21.1. The molecule has 0 bridgehead atoms. The number of halogens is 3. The van der Waals surface area contributed by atoms with Crippen molar-refractivity contribution in [1.29, 1.82) is 0 Å². The van der Waals surface area contributed by atoms with Crippen molar-refractivity contribution >= 4 is 66.0 Å². The molecule has 4 aromatic rings. The van der Waals surface area contributed by atoms with Crippen LogP contribution in [0, 0.1) is 0 Å². The predicted octanol–water partition coefficient (Wildman–Crippen LogP) is 7.48. The summed E-state index contributed by atoms with van der Waals surface area (Å²) in [6.45, 7) is -2.97. The Balaban J connectivity index is 2.18. The predicted molar refractivity (Wildman–Crippen MR) is 142 cm³/mol. The third-order valence-electron chi connectivity index (χ3n) is 5.97. The van der Waals surface area contributed by atoms with E-state index in [0.29, 0.717) is 0 Å². The zero-order valence-corrected chi connectivity index (χ0v) is 21.2. The van der Waals surface area contributed by atoms with Gasteiger partial charge in [-0.25, -0.2) is 0 Å². The van der Waals surface area contributed by atoms with Crippen molar-refractivity contribution in [2.75, 3.05) is 5.07 Å². The number of benzene rings is 4. The second-order valence-electron chi connectivity index (χ2n) is 7.49. The first-order valence-corrected chi connectivity index (χ1v) is 14.7. The molecule has 0 fully saturated rings. The number of hydrogen-bond acceptors (Lipinski definition) is 0. The van der Waals surface area contributed by atoms with E-state index in [1.807, 2.05) is 12.1 Å². The zero-order valence-electron chi connectivity index (χ0n) is 16.4. The van der Waals surface area contributed by atoms with Crippen molar-refractivity contribution in [2.45, 2.75) is 6.16 Å². The molecule has 0 nitrogen and oxygen atoms in total. The Kier molecular flexibility index (Phi) is 6.51. The second-order valence-corrected chi connectivity index (χ2v) is 15.4. The van der Waals surface area contributed by atoms with Crippen LogP contribution in [0.3, 0.4) is 0 Å². The fraction of sp³-hybridized carbons (Fsp3) is 0.0769. The third kappa shape index (κ3) is 3.49. The van der Waals surface area contributed by atoms with Crippen molar-refractivity contribution in [3.05, 3.63) is 124 Å². The van der Waals surface area contributed by atoms with Gasteiger partial charge in [-0.1, -0.05) is 0 Å². The Hall–Kier alpha value is -1.44. The maximum absolute atomic E-state index is 6.79. The summed E-state index contributed by atoms with van der Waals surface area (Å²) < 4.78 is 1.05. The summed E-state index contributed by atoms with van der Waals surface area (Å²) in [4.78, 5) is 0. The van der Waals surface area contributed by atoms with Crippen LogP contribution in [-0.2, 0) is 6.16 Å². The summed E-state index contributed by atoms with van der Waals surface area (Å²) in [5, 5.41) is 5.68. The molecule has 0 radical (unpaired) electrons. The van der Waals surface area contributed by atoms with Gasteiger partial charge in [-0.2, -0.15) is 0 Å². The Morgan fingerprint density at radius 1 is 0.600 bits per heavy atom. The van der Waals surface area contributed by atoms with Crippen LogP contribution in [0.5, 0.6) is 0 Å². The van der Waals surface area contributed by atoms with E-state index in [-0.39, 0.29) is 0 Å². The van der Waals surface area contributed by atoms with E-state index >= 15 is 0 Å². The molecule has 0 saturated heterocycles. The molecule has 0 N–H and O–H groups in total. The van der Waals surface area contributed by atoms with Gasteiger partial charge >= 0.3 is 201 Å². The van der Waals surface area contributed by atoms with Crippen LogP contribution in [0.1, 0.15) is 5.56 Å². The Morgan fingerprint density at radius 3 is 1.40 bits per heavy atom. The molecule has 0 spiro atoms. The van der Waals surface area contributed by atoms with Crippen LogP contribution in [0.2, 0.25) is 5.02 Å². The maximum atomic E-state index is 6.79. The van der Waals surface area contributed by atoms with Crippen molar-refractivity contribution in [1.82, 2.24) is 0 Å². The first kappa shape index (κ1) is 21.8. The van der Waals surface area contributed by atoms with Gasteiger partial charge in [0.05, 0.1) is 0 Å². The Bertz CT molecular complexity index is 1010. The fourth-order valence-electron chi connectivity index (χ4n) is 4.37. The van der Waals surface area contributed by atoms with Gasteiger partial charge in [0, 0.05) is 0 Å². The van der Waals surface area contributed by atoms with Crippen LogP contribution in [0.25, 0.3) is 0 Å². The van der Waals surface area contributed by atoms with E-state index in [0.717, 1.165) is 26.3 Å². The van der Waals surface area contributed by atoms with Crippen molar-refractivity contribution in [3.8, 4) is 0 Å². The van der Waals surface area contributed by atoms with E-state index in [4.69, 9.17) is 11.6 Å². The van der Waals surface area contributed by atoms with Crippen LogP contribution >= 0.6 is 50.1 Å². The summed E-state index contributed by atoms with van der Waals surface area (Å²) in [5.41, 5.74) is 1.15. The molecule has 0 aliphatic rings. The molecule has 4 aromatic carbocycles. The number of rotatable bonds is 6. The Morgan fingerprint density at radius 2 is 1.03 bits per heavy atom. The van der Waals surface area contributed by atoms with Gasteiger partial charge in [0.25, 0.3) is 0 Å². The van der Waals surface area contributed by atoms with E-state index < -0.39 is 6.60 Å². The van der Waals surface area contributed by atoms with Gasteiger partial charge in [0.1, 0.15) is 0 Å². The van der Waals surface area contributed by atoms with Gasteiger partial charge in [-0.15, -0.1) is 0 Å². The molecular formula is C26H22Br2ClP. The van der Waals surface area contributed by atoms with Crippen LogP contribution in [0.15, 0.2) is 114 Å². The monoisotopic (exact) mass is 558 g/mol.